The van der Waals surface area contributed by atoms with Crippen molar-refractivity contribution in [3.8, 4) is 0 Å². The van der Waals surface area contributed by atoms with Crippen molar-refractivity contribution in [2.75, 3.05) is 7.11 Å². The summed E-state index contributed by atoms with van der Waals surface area (Å²) in [5, 5.41) is 12.1. The number of ether oxygens (including phenoxy) is 3. The number of esters is 3. The van der Waals surface area contributed by atoms with Gasteiger partial charge in [-0.1, -0.05) is 19.6 Å². The Hall–Kier alpha value is -2.74. The van der Waals surface area contributed by atoms with Crippen LogP contribution in [0.5, 0.6) is 0 Å². The Bertz CT molecular complexity index is 1110. The van der Waals surface area contributed by atoms with Crippen LogP contribution in [0, 0.1) is 22.2 Å². The third-order valence-electron chi connectivity index (χ3n) is 8.90. The summed E-state index contributed by atoms with van der Waals surface area (Å²) in [7, 11) is 1.22. The van der Waals surface area contributed by atoms with Crippen molar-refractivity contribution in [3.05, 3.63) is 35.5 Å². The number of hydrogen-bond acceptors (Lipinski definition) is 8. The number of hydrogen-bond donors (Lipinski definition) is 1. The third kappa shape index (κ3) is 2.63. The molecule has 0 radical (unpaired) electrons. The number of rotatable bonds is 2. The molecule has 0 aromatic heterocycles. The summed E-state index contributed by atoms with van der Waals surface area (Å²) in [6.45, 7) is 13.9. The van der Waals surface area contributed by atoms with Crippen LogP contribution >= 0.6 is 0 Å². The van der Waals surface area contributed by atoms with E-state index in [1.807, 2.05) is 6.08 Å². The van der Waals surface area contributed by atoms with Crippen LogP contribution in [0.15, 0.2) is 35.5 Å². The van der Waals surface area contributed by atoms with Gasteiger partial charge in [0.25, 0.3) is 0 Å². The van der Waals surface area contributed by atoms with Crippen LogP contribution in [0.1, 0.15) is 54.4 Å². The fraction of sp³-hybridized carbons (Fsp3) is 0.615. The molecule has 2 fully saturated rings. The molecule has 1 aliphatic heterocycles. The second-order valence-corrected chi connectivity index (χ2v) is 11.1. The molecule has 184 valence electrons. The van der Waals surface area contributed by atoms with E-state index in [9.17, 15) is 24.3 Å². The Morgan fingerprint density at radius 3 is 2.32 bits per heavy atom. The summed E-state index contributed by atoms with van der Waals surface area (Å²) in [6, 6.07) is 0. The van der Waals surface area contributed by atoms with E-state index in [4.69, 9.17) is 14.2 Å². The first-order valence-corrected chi connectivity index (χ1v) is 11.4. The molecule has 3 aliphatic carbocycles. The minimum Gasteiger partial charge on any atom is -0.468 e. The highest BCUT2D eigenvalue weighted by Gasteiger charge is 2.80. The third-order valence-corrected chi connectivity index (χ3v) is 8.90. The van der Waals surface area contributed by atoms with Gasteiger partial charge in [0.05, 0.1) is 18.1 Å². The minimum atomic E-state index is -1.73. The molecular formula is C26H32O8. The molecule has 0 amide bonds. The van der Waals surface area contributed by atoms with E-state index in [2.05, 4.69) is 6.58 Å². The molecule has 0 saturated heterocycles. The Morgan fingerprint density at radius 2 is 1.76 bits per heavy atom. The highest BCUT2D eigenvalue weighted by Crippen LogP contribution is 2.73. The van der Waals surface area contributed by atoms with Crippen molar-refractivity contribution < 1.29 is 38.5 Å². The Labute approximate surface area is 199 Å². The minimum absolute atomic E-state index is 0.151. The monoisotopic (exact) mass is 472 g/mol. The van der Waals surface area contributed by atoms with Crippen LogP contribution in [0.2, 0.25) is 0 Å². The normalized spacial score (nSPS) is 42.4. The largest absolute Gasteiger partial charge is 0.468 e. The van der Waals surface area contributed by atoms with Crippen molar-refractivity contribution >= 4 is 23.7 Å². The number of ketones is 1. The van der Waals surface area contributed by atoms with Gasteiger partial charge in [0.15, 0.2) is 11.9 Å². The number of aliphatic hydroxyl groups is 1. The standard InChI is InChI=1S/C26H32O8/c1-13-23(5)12-17-24(6,26(13,21(30)32-8)20(19(23)29)33-14(2)27)10-9-15-16(25(17,7)31)11-18(28)34-22(15,3)4/h9,11,17,20,31H,1,10,12H2,2-8H3/t17-,20+,23-,24+,25+,26+/m1/s1. The number of Topliss-reactive ketones (excluding diaryl/α,β-unsaturated/α-hetero) is 1. The Kier molecular flexibility index (Phi) is 4.95. The Balaban J connectivity index is 2.08. The van der Waals surface area contributed by atoms with Gasteiger partial charge >= 0.3 is 17.9 Å². The van der Waals surface area contributed by atoms with Crippen molar-refractivity contribution in [2.45, 2.75) is 71.7 Å². The summed E-state index contributed by atoms with van der Waals surface area (Å²) in [4.78, 5) is 52.0. The topological polar surface area (TPSA) is 116 Å². The zero-order chi connectivity index (χ0) is 25.6. The molecular weight excluding hydrogens is 440 g/mol. The molecule has 4 rings (SSSR count). The van der Waals surface area contributed by atoms with E-state index < -0.39 is 63.2 Å². The smallest absolute Gasteiger partial charge is 0.332 e. The predicted octanol–water partition coefficient (Wildman–Crippen LogP) is 2.59. The second kappa shape index (κ2) is 6.90. The Morgan fingerprint density at radius 1 is 1.15 bits per heavy atom. The number of methoxy groups -OCH3 is 1. The summed E-state index contributed by atoms with van der Waals surface area (Å²) >= 11 is 0. The average molecular weight is 473 g/mol. The number of carbonyl (C=O) groups excluding carboxylic acids is 4. The molecule has 0 aromatic rings. The molecule has 0 aromatic carbocycles. The fourth-order valence-electron chi connectivity index (χ4n) is 7.19. The van der Waals surface area contributed by atoms with Crippen LogP contribution in [0.3, 0.4) is 0 Å². The van der Waals surface area contributed by atoms with Crippen molar-refractivity contribution in [3.63, 3.8) is 0 Å². The zero-order valence-corrected chi connectivity index (χ0v) is 20.7. The van der Waals surface area contributed by atoms with Crippen LogP contribution in [-0.4, -0.2) is 53.2 Å². The second-order valence-electron chi connectivity index (χ2n) is 11.1. The molecule has 8 heteroatoms. The van der Waals surface area contributed by atoms with Crippen molar-refractivity contribution in [2.24, 2.45) is 22.2 Å². The first-order valence-electron chi connectivity index (χ1n) is 11.4. The lowest BCUT2D eigenvalue weighted by Gasteiger charge is -2.58. The van der Waals surface area contributed by atoms with Gasteiger partial charge in [-0.15, -0.1) is 0 Å². The summed E-state index contributed by atoms with van der Waals surface area (Å²) in [6.07, 6.45) is 2.06. The van der Waals surface area contributed by atoms with Gasteiger partial charge in [0, 0.05) is 24.3 Å². The molecule has 2 bridgehead atoms. The first-order chi connectivity index (χ1) is 15.5. The fourth-order valence-corrected chi connectivity index (χ4v) is 7.19. The maximum Gasteiger partial charge on any atom is 0.332 e. The number of fused-ring (bicyclic) bond motifs is 5. The van der Waals surface area contributed by atoms with E-state index in [1.54, 1.807) is 34.6 Å². The van der Waals surface area contributed by atoms with Gasteiger partial charge in [-0.25, -0.2) is 4.79 Å². The summed E-state index contributed by atoms with van der Waals surface area (Å²) < 4.78 is 16.3. The van der Waals surface area contributed by atoms with Crippen LogP contribution in [-0.2, 0) is 33.4 Å². The maximum atomic E-state index is 13.8. The quantitative estimate of drug-likeness (QED) is 0.370. The average Bonchev–Trinajstić information content (AvgIpc) is 2.78. The predicted molar refractivity (Wildman–Crippen MR) is 120 cm³/mol. The van der Waals surface area contributed by atoms with Gasteiger partial charge in [-0.3, -0.25) is 14.4 Å². The highest BCUT2D eigenvalue weighted by atomic mass is 16.6. The molecule has 1 N–H and O–H groups in total. The highest BCUT2D eigenvalue weighted by molar-refractivity contribution is 6.06. The van der Waals surface area contributed by atoms with Crippen LogP contribution < -0.4 is 0 Å². The van der Waals surface area contributed by atoms with Gasteiger partial charge in [-0.05, 0) is 57.3 Å². The molecule has 6 atom stereocenters. The van der Waals surface area contributed by atoms with Gasteiger partial charge in [0.1, 0.15) is 11.0 Å². The van der Waals surface area contributed by atoms with Gasteiger partial charge in [0.2, 0.25) is 0 Å². The van der Waals surface area contributed by atoms with E-state index in [0.717, 1.165) is 0 Å². The van der Waals surface area contributed by atoms with Crippen LogP contribution in [0.25, 0.3) is 0 Å². The van der Waals surface area contributed by atoms with E-state index in [0.29, 0.717) is 16.7 Å². The van der Waals surface area contributed by atoms with Crippen LogP contribution in [0.4, 0.5) is 0 Å². The van der Waals surface area contributed by atoms with Crippen molar-refractivity contribution in [1.82, 2.24) is 0 Å². The lowest BCUT2D eigenvalue weighted by atomic mass is 9.44. The number of carbonyl (C=O) groups is 4. The lowest BCUT2D eigenvalue weighted by molar-refractivity contribution is -0.189. The number of cyclic esters (lactones) is 1. The molecule has 1 heterocycles. The molecule has 0 spiro atoms. The first kappa shape index (κ1) is 24.4. The summed E-state index contributed by atoms with van der Waals surface area (Å²) in [5.74, 6) is -3.16. The van der Waals surface area contributed by atoms with E-state index >= 15 is 0 Å². The summed E-state index contributed by atoms with van der Waals surface area (Å²) in [5.41, 5.74) is -5.43. The molecule has 34 heavy (non-hydrogen) atoms. The molecule has 8 nitrogen and oxygen atoms in total. The van der Waals surface area contributed by atoms with Crippen molar-refractivity contribution in [1.29, 1.82) is 0 Å². The molecule has 4 aliphatic rings. The van der Waals surface area contributed by atoms with E-state index in [1.165, 1.54) is 20.1 Å². The maximum absolute atomic E-state index is 13.8. The van der Waals surface area contributed by atoms with Gasteiger partial charge < -0.3 is 19.3 Å². The number of allylic oxidation sites excluding steroid dienone is 1. The lowest BCUT2D eigenvalue weighted by Crippen LogP contribution is -2.63. The molecule has 2 saturated carbocycles. The zero-order valence-electron chi connectivity index (χ0n) is 20.7. The SMILES string of the molecule is C=C1[C@@]2(C)C[C@H]3[C@@](C)(O)C4=CC(=O)OC(C)(C)C4=CC[C@]3(C)[C@]1(C(=O)OC)[C@@H](OC(C)=O)C2=O. The molecule has 0 unspecified atom stereocenters. The van der Waals surface area contributed by atoms with Gasteiger partial charge in [-0.2, -0.15) is 0 Å². The van der Waals surface area contributed by atoms with E-state index in [-0.39, 0.29) is 12.8 Å².